The van der Waals surface area contributed by atoms with E-state index in [0.29, 0.717) is 9.69 Å². The molecule has 178 valence electrons. The Morgan fingerprint density at radius 2 is 1.91 bits per heavy atom. The van der Waals surface area contributed by atoms with Crippen molar-refractivity contribution < 1.29 is 37.0 Å². The average molecular weight is 489 g/mol. The van der Waals surface area contributed by atoms with Gasteiger partial charge in [-0.1, -0.05) is 36.4 Å². The predicted octanol–water partition coefficient (Wildman–Crippen LogP) is 2.39. The fraction of sp³-hybridized carbons (Fsp3) is 0.182. The van der Waals surface area contributed by atoms with Gasteiger partial charge in [0, 0.05) is 5.39 Å². The molecule has 3 aromatic carbocycles. The Balaban J connectivity index is 1.72. The first-order valence-electron chi connectivity index (χ1n) is 10.1. The highest BCUT2D eigenvalue weighted by Crippen LogP contribution is 2.40. The van der Waals surface area contributed by atoms with Gasteiger partial charge in [-0.25, -0.2) is 18.2 Å². The summed E-state index contributed by atoms with van der Waals surface area (Å²) in [6, 6.07) is 15.0. The van der Waals surface area contributed by atoms with Crippen LogP contribution in [-0.4, -0.2) is 45.2 Å². The van der Waals surface area contributed by atoms with Crippen LogP contribution < -0.4 is 23.8 Å². The van der Waals surface area contributed by atoms with Crippen molar-refractivity contribution in [3.63, 3.8) is 0 Å². The molecule has 4 rings (SSSR count). The number of carboxylic acid groups (broad SMARTS) is 1. The summed E-state index contributed by atoms with van der Waals surface area (Å²) in [5.41, 5.74) is 0.387. The lowest BCUT2D eigenvalue weighted by Crippen LogP contribution is -2.30. The van der Waals surface area contributed by atoms with Crippen LogP contribution in [0.2, 0.25) is 0 Å². The number of nitrogens with zero attached hydrogens (tertiary/aromatic N) is 1. The molecule has 3 aromatic rings. The van der Waals surface area contributed by atoms with Crippen molar-refractivity contribution in [2.24, 2.45) is 0 Å². The Morgan fingerprint density at radius 1 is 1.15 bits per heavy atom. The number of hydrogen-bond acceptors (Lipinski definition) is 6. The van der Waals surface area contributed by atoms with E-state index >= 15 is 4.39 Å². The van der Waals surface area contributed by atoms with Gasteiger partial charge in [-0.2, -0.15) is 8.42 Å². The number of amides is 2. The Bertz CT molecular complexity index is 1350. The average Bonchev–Trinajstić information content (AvgIpc) is 3.07. The molecular weight excluding hydrogens is 469 g/mol. The van der Waals surface area contributed by atoms with Crippen LogP contribution in [0.15, 0.2) is 54.6 Å². The Labute approximate surface area is 194 Å². The van der Waals surface area contributed by atoms with Crippen molar-refractivity contribution in [2.45, 2.75) is 6.61 Å². The first-order valence-corrected chi connectivity index (χ1v) is 11.5. The van der Waals surface area contributed by atoms with Gasteiger partial charge in [-0.05, 0) is 29.1 Å². The zero-order chi connectivity index (χ0) is 24.3. The van der Waals surface area contributed by atoms with E-state index in [-0.39, 0.29) is 36.6 Å². The van der Waals surface area contributed by atoms with E-state index in [2.05, 4.69) is 5.32 Å². The molecule has 0 bridgehead atoms. The number of fused-ring (bicyclic) bond motifs is 1. The number of hydrogen-bond donors (Lipinski definition) is 3. The molecule has 0 radical (unpaired) electrons. The maximum absolute atomic E-state index is 15.8. The molecule has 34 heavy (non-hydrogen) atoms. The van der Waals surface area contributed by atoms with Crippen molar-refractivity contribution in [1.82, 2.24) is 10.0 Å². The maximum Gasteiger partial charge on any atom is 0.404 e. The van der Waals surface area contributed by atoms with Gasteiger partial charge in [0.05, 0.1) is 6.54 Å². The third-order valence-corrected chi connectivity index (χ3v) is 6.32. The topological polar surface area (TPSA) is 134 Å². The highest BCUT2D eigenvalue weighted by Gasteiger charge is 2.38. The number of rotatable bonds is 8. The van der Waals surface area contributed by atoms with Gasteiger partial charge in [0.25, 0.3) is 5.91 Å². The van der Waals surface area contributed by atoms with E-state index in [9.17, 15) is 18.0 Å². The zero-order valence-corrected chi connectivity index (χ0v) is 18.5. The summed E-state index contributed by atoms with van der Waals surface area (Å²) in [7, 11) is -4.30. The number of halogens is 1. The van der Waals surface area contributed by atoms with E-state index in [1.807, 2.05) is 22.9 Å². The molecule has 0 saturated carbocycles. The van der Waals surface area contributed by atoms with E-state index < -0.39 is 40.3 Å². The van der Waals surface area contributed by atoms with Crippen LogP contribution in [0, 0.1) is 5.82 Å². The maximum atomic E-state index is 15.8. The van der Waals surface area contributed by atoms with Gasteiger partial charge < -0.3 is 19.9 Å². The standard InChI is InChI=1S/C22H20FN3O7S/c23-20-17-11-16(32-9-8-24-22(28)29)7-6-15(17)10-18(33-13-14-4-2-1-3-5-14)21(20)26-12-19(27)25-34(26,30)31/h1-7,10-11,24H,8-9,12-13H2,(H,25,27)(H,28,29). The van der Waals surface area contributed by atoms with E-state index in [1.165, 1.54) is 12.1 Å². The van der Waals surface area contributed by atoms with E-state index in [1.54, 1.807) is 24.3 Å². The summed E-state index contributed by atoms with van der Waals surface area (Å²) < 4.78 is 54.5. The van der Waals surface area contributed by atoms with Gasteiger partial charge in [0.1, 0.15) is 36.9 Å². The molecule has 10 nitrogen and oxygen atoms in total. The minimum atomic E-state index is -4.30. The Hall–Kier alpha value is -4.06. The molecule has 1 aliphatic heterocycles. The molecule has 3 N–H and O–H groups in total. The fourth-order valence-corrected chi connectivity index (χ4v) is 4.60. The molecule has 0 unspecified atom stereocenters. The Kier molecular flexibility index (Phi) is 6.41. The van der Waals surface area contributed by atoms with E-state index in [0.717, 1.165) is 5.56 Å². The molecule has 1 fully saturated rings. The summed E-state index contributed by atoms with van der Waals surface area (Å²) >= 11 is 0. The molecule has 12 heteroatoms. The van der Waals surface area contributed by atoms with Gasteiger partial charge in [-0.3, -0.25) is 4.79 Å². The molecule has 0 spiro atoms. The van der Waals surface area contributed by atoms with Gasteiger partial charge in [0.15, 0.2) is 5.82 Å². The van der Waals surface area contributed by atoms with Crippen LogP contribution in [-0.2, 0) is 21.6 Å². The highest BCUT2D eigenvalue weighted by atomic mass is 32.2. The second kappa shape index (κ2) is 9.43. The summed E-state index contributed by atoms with van der Waals surface area (Å²) in [6.45, 7) is -0.522. The van der Waals surface area contributed by atoms with Gasteiger partial charge in [0.2, 0.25) is 0 Å². The molecule has 2 amide bonds. The monoisotopic (exact) mass is 489 g/mol. The minimum absolute atomic E-state index is 0.00345. The summed E-state index contributed by atoms with van der Waals surface area (Å²) in [6.07, 6.45) is -1.20. The SMILES string of the molecule is O=C(O)NCCOc1ccc2cc(OCc3ccccc3)c(N3CC(=O)NS3(=O)=O)c(F)c2c1. The molecule has 0 atom stereocenters. The number of carbonyl (C=O) groups is 2. The van der Waals surface area contributed by atoms with Crippen LogP contribution >= 0.6 is 0 Å². The highest BCUT2D eigenvalue weighted by molar-refractivity contribution is 7.92. The van der Waals surface area contributed by atoms with Crippen molar-refractivity contribution in [1.29, 1.82) is 0 Å². The normalized spacial score (nSPS) is 14.6. The number of anilines is 1. The summed E-state index contributed by atoms with van der Waals surface area (Å²) in [5, 5.41) is 11.2. The first kappa shape index (κ1) is 23.1. The third kappa shape index (κ3) is 4.96. The third-order valence-electron chi connectivity index (χ3n) is 4.94. The first-order chi connectivity index (χ1) is 16.2. The number of carbonyl (C=O) groups excluding carboxylic acids is 1. The van der Waals surface area contributed by atoms with Crippen LogP contribution in [0.5, 0.6) is 11.5 Å². The quantitative estimate of drug-likeness (QED) is 0.414. The van der Waals surface area contributed by atoms with Crippen molar-refractivity contribution in [3.8, 4) is 11.5 Å². The van der Waals surface area contributed by atoms with Crippen molar-refractivity contribution >= 4 is 38.7 Å². The number of ether oxygens (including phenoxy) is 2. The van der Waals surface area contributed by atoms with Crippen LogP contribution in [0.1, 0.15) is 5.56 Å². The van der Waals surface area contributed by atoms with Crippen LogP contribution in [0.4, 0.5) is 14.9 Å². The molecule has 0 aliphatic carbocycles. The lowest BCUT2D eigenvalue weighted by molar-refractivity contribution is -0.117. The molecule has 1 heterocycles. The minimum Gasteiger partial charge on any atom is -0.492 e. The lowest BCUT2D eigenvalue weighted by Gasteiger charge is -2.21. The molecule has 1 saturated heterocycles. The van der Waals surface area contributed by atoms with E-state index in [4.69, 9.17) is 14.6 Å². The smallest absolute Gasteiger partial charge is 0.404 e. The molecule has 1 aliphatic rings. The zero-order valence-electron chi connectivity index (χ0n) is 17.7. The summed E-state index contributed by atoms with van der Waals surface area (Å²) in [4.78, 5) is 22.3. The van der Waals surface area contributed by atoms with Crippen molar-refractivity contribution in [2.75, 3.05) is 24.0 Å². The van der Waals surface area contributed by atoms with Crippen molar-refractivity contribution in [3.05, 3.63) is 66.0 Å². The fourth-order valence-electron chi connectivity index (χ4n) is 3.44. The second-order valence-electron chi connectivity index (χ2n) is 7.31. The van der Waals surface area contributed by atoms with Gasteiger partial charge >= 0.3 is 16.3 Å². The van der Waals surface area contributed by atoms with Crippen LogP contribution in [0.3, 0.4) is 0 Å². The largest absolute Gasteiger partial charge is 0.492 e. The predicted molar refractivity (Wildman–Crippen MR) is 121 cm³/mol. The summed E-state index contributed by atoms with van der Waals surface area (Å²) in [5.74, 6) is -1.50. The molecular formula is C22H20FN3O7S. The van der Waals surface area contributed by atoms with Gasteiger partial charge in [-0.15, -0.1) is 0 Å². The molecule has 0 aromatic heterocycles. The second-order valence-corrected chi connectivity index (χ2v) is 8.91. The van der Waals surface area contributed by atoms with Crippen LogP contribution in [0.25, 0.3) is 10.8 Å². The number of nitrogens with one attached hydrogen (secondary N) is 2. The lowest BCUT2D eigenvalue weighted by atomic mass is 10.1. The number of benzene rings is 3. The Morgan fingerprint density at radius 3 is 2.59 bits per heavy atom.